The van der Waals surface area contributed by atoms with Crippen molar-refractivity contribution in [3.63, 3.8) is 0 Å². The van der Waals surface area contributed by atoms with E-state index in [-0.39, 0.29) is 102 Å². The molecule has 8 aliphatic rings. The monoisotopic (exact) mass is 758 g/mol. The highest BCUT2D eigenvalue weighted by molar-refractivity contribution is 5.82. The lowest BCUT2D eigenvalue weighted by atomic mass is 9.79. The fourth-order valence-electron chi connectivity index (χ4n) is 6.53. The molecule has 0 aromatic carbocycles. The highest BCUT2D eigenvalue weighted by atomic mass is 16.6. The highest BCUT2D eigenvalue weighted by Gasteiger charge is 2.54. The third-order valence-electron chi connectivity index (χ3n) is 10.5. The van der Waals surface area contributed by atoms with Gasteiger partial charge >= 0.3 is 11.9 Å². The summed E-state index contributed by atoms with van der Waals surface area (Å²) in [5.74, 6) is -2.50. The van der Waals surface area contributed by atoms with E-state index in [9.17, 15) is 9.59 Å². The standard InChI is InChI=1S/C36H54O17/c37-33(51-21-35(15-39-3-23-9-45-23,16-40-4-24-10-46-24)17-41-5-25-11-47-25)29-1-31-32(53-31)2-30(29)34(38)52-22-36(18-42-6-26-12-48-26,19-43-7-27-13-49-27)20-44-8-28-14-50-28/h23-32H,1-22H2. The summed E-state index contributed by atoms with van der Waals surface area (Å²) in [4.78, 5) is 27.9. The van der Waals surface area contributed by atoms with E-state index in [0.717, 1.165) is 0 Å². The van der Waals surface area contributed by atoms with Crippen LogP contribution in [0.25, 0.3) is 0 Å². The Kier molecular flexibility index (Phi) is 12.8. The molecule has 8 fully saturated rings. The van der Waals surface area contributed by atoms with Crippen LogP contribution in [0.4, 0.5) is 0 Å². The molecule has 0 amide bonds. The van der Waals surface area contributed by atoms with Gasteiger partial charge in [0.1, 0.15) is 49.8 Å². The molecule has 8 rings (SSSR count). The van der Waals surface area contributed by atoms with Crippen LogP contribution in [0.15, 0.2) is 0 Å². The number of carbonyl (C=O) groups is 2. The Morgan fingerprint density at radius 2 is 0.660 bits per heavy atom. The predicted molar refractivity (Wildman–Crippen MR) is 175 cm³/mol. The zero-order valence-electron chi connectivity index (χ0n) is 30.3. The molecule has 0 aromatic heterocycles. The molecule has 300 valence electrons. The summed E-state index contributed by atoms with van der Waals surface area (Å²) in [6.45, 7) is 7.75. The molecular formula is C36H54O17. The second kappa shape index (κ2) is 17.7. The summed E-state index contributed by atoms with van der Waals surface area (Å²) in [5, 5.41) is 0. The molecule has 0 N–H and O–H groups in total. The molecule has 7 aliphatic heterocycles. The van der Waals surface area contributed by atoms with Gasteiger partial charge in [-0.1, -0.05) is 0 Å². The predicted octanol–water partition coefficient (Wildman–Crippen LogP) is -0.668. The molecular weight excluding hydrogens is 704 g/mol. The van der Waals surface area contributed by atoms with Crippen molar-refractivity contribution in [3.8, 4) is 0 Å². The number of hydrogen-bond donors (Lipinski definition) is 0. The molecule has 17 nitrogen and oxygen atoms in total. The van der Waals surface area contributed by atoms with Gasteiger partial charge < -0.3 is 71.1 Å². The van der Waals surface area contributed by atoms with Crippen LogP contribution in [0.3, 0.4) is 0 Å². The molecule has 0 bridgehead atoms. The van der Waals surface area contributed by atoms with Crippen molar-refractivity contribution < 1.29 is 80.6 Å². The largest absolute Gasteiger partial charge is 0.465 e. The van der Waals surface area contributed by atoms with Crippen LogP contribution in [0.2, 0.25) is 0 Å². The fourth-order valence-corrected chi connectivity index (χ4v) is 6.53. The number of fused-ring (bicyclic) bond motifs is 1. The van der Waals surface area contributed by atoms with Crippen LogP contribution >= 0.6 is 0 Å². The SMILES string of the molecule is O=C(OCC(COCC1CO1)(COCC1CO1)COCC1CO1)C1CC2OC2CC1C(=O)OCC(COCC1CO1)(COCC1CO1)COCC1CO1. The topological polar surface area (TPSA) is 196 Å². The van der Waals surface area contributed by atoms with Gasteiger partial charge in [-0.05, 0) is 12.8 Å². The Hall–Kier alpha value is -1.58. The van der Waals surface area contributed by atoms with Gasteiger partial charge in [-0.2, -0.15) is 0 Å². The molecule has 0 aromatic rings. The van der Waals surface area contributed by atoms with Gasteiger partial charge in [0.15, 0.2) is 0 Å². The van der Waals surface area contributed by atoms with E-state index in [1.807, 2.05) is 0 Å². The third-order valence-corrected chi connectivity index (χ3v) is 10.5. The normalized spacial score (nSPS) is 36.4. The minimum absolute atomic E-state index is 0.0309. The molecule has 0 radical (unpaired) electrons. The van der Waals surface area contributed by atoms with Crippen LogP contribution in [-0.4, -0.2) is 193 Å². The number of carbonyl (C=O) groups excluding carboxylic acids is 2. The maximum Gasteiger partial charge on any atom is 0.309 e. The average molecular weight is 759 g/mol. The Labute approximate surface area is 308 Å². The van der Waals surface area contributed by atoms with Crippen molar-refractivity contribution in [2.45, 2.75) is 61.7 Å². The molecule has 10 unspecified atom stereocenters. The van der Waals surface area contributed by atoms with Crippen molar-refractivity contribution in [2.75, 3.05) is 132 Å². The maximum atomic E-state index is 14.0. The molecule has 1 aliphatic carbocycles. The van der Waals surface area contributed by atoms with E-state index in [0.29, 0.717) is 92.1 Å². The summed E-state index contributed by atoms with van der Waals surface area (Å²) < 4.78 is 86.2. The van der Waals surface area contributed by atoms with Crippen LogP contribution in [0.1, 0.15) is 12.8 Å². The van der Waals surface area contributed by atoms with Crippen molar-refractivity contribution in [2.24, 2.45) is 22.7 Å². The minimum Gasteiger partial charge on any atom is -0.465 e. The average Bonchev–Trinajstić information content (AvgIpc) is 3.94. The van der Waals surface area contributed by atoms with E-state index in [2.05, 4.69) is 0 Å². The van der Waals surface area contributed by atoms with Crippen LogP contribution in [-0.2, 0) is 80.6 Å². The molecule has 10 atom stereocenters. The van der Waals surface area contributed by atoms with Gasteiger partial charge in [0, 0.05) is 0 Å². The van der Waals surface area contributed by atoms with E-state index < -0.39 is 34.6 Å². The Bertz CT molecular complexity index is 1020. The molecule has 7 saturated heterocycles. The Morgan fingerprint density at radius 1 is 0.415 bits per heavy atom. The number of rotatable bonds is 30. The first kappa shape index (κ1) is 38.3. The number of epoxide rings is 7. The maximum absolute atomic E-state index is 14.0. The van der Waals surface area contributed by atoms with Crippen molar-refractivity contribution in [1.82, 2.24) is 0 Å². The molecule has 0 spiro atoms. The fraction of sp³-hybridized carbons (Fsp3) is 0.944. The van der Waals surface area contributed by atoms with Gasteiger partial charge in [0.05, 0.1) is 154 Å². The minimum atomic E-state index is -0.806. The van der Waals surface area contributed by atoms with E-state index >= 15 is 0 Å². The van der Waals surface area contributed by atoms with Crippen LogP contribution in [0, 0.1) is 22.7 Å². The van der Waals surface area contributed by atoms with Crippen LogP contribution in [0.5, 0.6) is 0 Å². The van der Waals surface area contributed by atoms with Crippen molar-refractivity contribution >= 4 is 11.9 Å². The summed E-state index contributed by atoms with van der Waals surface area (Å²) in [7, 11) is 0. The molecule has 7 heterocycles. The first-order valence-electron chi connectivity index (χ1n) is 19.1. The lowest BCUT2D eigenvalue weighted by Crippen LogP contribution is -2.46. The zero-order valence-corrected chi connectivity index (χ0v) is 30.3. The van der Waals surface area contributed by atoms with Crippen LogP contribution < -0.4 is 0 Å². The summed E-state index contributed by atoms with van der Waals surface area (Å²) in [6.07, 6.45) is 0.905. The summed E-state index contributed by atoms with van der Waals surface area (Å²) in [6, 6.07) is 0. The third kappa shape index (κ3) is 12.7. The lowest BCUT2D eigenvalue weighted by Gasteiger charge is -2.35. The van der Waals surface area contributed by atoms with E-state index in [1.54, 1.807) is 0 Å². The number of esters is 2. The molecule has 53 heavy (non-hydrogen) atoms. The Morgan fingerprint density at radius 3 is 0.887 bits per heavy atom. The van der Waals surface area contributed by atoms with Gasteiger partial charge in [-0.3, -0.25) is 9.59 Å². The Balaban J connectivity index is 0.902. The molecule has 17 heteroatoms. The van der Waals surface area contributed by atoms with Gasteiger partial charge in [0.25, 0.3) is 0 Å². The van der Waals surface area contributed by atoms with Gasteiger partial charge in [-0.15, -0.1) is 0 Å². The van der Waals surface area contributed by atoms with E-state index in [1.165, 1.54) is 0 Å². The second-order valence-electron chi connectivity index (χ2n) is 15.9. The number of ether oxygens (including phenoxy) is 15. The molecule has 1 saturated carbocycles. The quantitative estimate of drug-likeness (QED) is 0.0660. The first-order chi connectivity index (χ1) is 25.9. The second-order valence-corrected chi connectivity index (χ2v) is 15.9. The van der Waals surface area contributed by atoms with Gasteiger partial charge in [0.2, 0.25) is 0 Å². The smallest absolute Gasteiger partial charge is 0.309 e. The summed E-state index contributed by atoms with van der Waals surface area (Å²) in [5.41, 5.74) is -1.61. The summed E-state index contributed by atoms with van der Waals surface area (Å²) >= 11 is 0. The zero-order chi connectivity index (χ0) is 36.1. The number of hydrogen-bond acceptors (Lipinski definition) is 17. The highest BCUT2D eigenvalue weighted by Crippen LogP contribution is 2.44. The van der Waals surface area contributed by atoms with Crippen molar-refractivity contribution in [3.05, 3.63) is 0 Å². The van der Waals surface area contributed by atoms with Crippen molar-refractivity contribution in [1.29, 1.82) is 0 Å². The first-order valence-corrected chi connectivity index (χ1v) is 19.1. The lowest BCUT2D eigenvalue weighted by molar-refractivity contribution is -0.173. The van der Waals surface area contributed by atoms with Gasteiger partial charge in [-0.25, -0.2) is 0 Å². The van der Waals surface area contributed by atoms with E-state index in [4.69, 9.17) is 71.1 Å².